The fourth-order valence-electron chi connectivity index (χ4n) is 2.03. The Morgan fingerprint density at radius 3 is 2.86 bits per heavy atom. The van der Waals surface area contributed by atoms with Gasteiger partial charge in [0.25, 0.3) is 0 Å². The third kappa shape index (κ3) is 2.69. The van der Waals surface area contributed by atoms with E-state index in [2.05, 4.69) is 10.6 Å². The van der Waals surface area contributed by atoms with Crippen molar-refractivity contribution in [3.63, 3.8) is 0 Å². The number of carbonyl (C=O) groups excluding carboxylic acids is 1. The first-order valence-electron chi connectivity index (χ1n) is 5.42. The lowest BCUT2D eigenvalue weighted by Gasteiger charge is -2.23. The van der Waals surface area contributed by atoms with Crippen LogP contribution in [0.25, 0.3) is 0 Å². The molecule has 4 heteroatoms. The lowest BCUT2D eigenvalue weighted by molar-refractivity contribution is -0.119. The Hall–Kier alpha value is -0.610. The smallest absolute Gasteiger partial charge is 0.221 e. The number of carbonyl (C=O) groups is 1. The molecule has 1 amide bonds. The average molecular weight is 198 g/mol. The minimum absolute atomic E-state index is 0.175. The molecule has 0 saturated carbocycles. The van der Waals surface area contributed by atoms with Crippen molar-refractivity contribution in [2.75, 3.05) is 26.3 Å². The maximum absolute atomic E-state index is 10.9. The number of rotatable bonds is 3. The third-order valence-electron chi connectivity index (χ3n) is 3.01. The van der Waals surface area contributed by atoms with E-state index in [1.165, 1.54) is 0 Å². The van der Waals surface area contributed by atoms with Crippen LogP contribution in [0, 0.1) is 5.92 Å². The standard InChI is InChI=1S/C10H18N2O2/c13-10-5-9(7-12-10)11-6-8-1-3-14-4-2-8/h8-9,11H,1-7H2,(H,12,13). The molecule has 0 aliphatic carbocycles. The molecule has 0 aromatic carbocycles. The van der Waals surface area contributed by atoms with Crippen molar-refractivity contribution in [1.82, 2.24) is 10.6 Å². The van der Waals surface area contributed by atoms with Gasteiger partial charge in [0.2, 0.25) is 5.91 Å². The Bertz CT molecular complexity index is 202. The van der Waals surface area contributed by atoms with Crippen LogP contribution >= 0.6 is 0 Å². The van der Waals surface area contributed by atoms with E-state index in [1.54, 1.807) is 0 Å². The summed E-state index contributed by atoms with van der Waals surface area (Å²) in [6, 6.07) is 0.352. The van der Waals surface area contributed by atoms with Crippen LogP contribution in [-0.4, -0.2) is 38.3 Å². The Morgan fingerprint density at radius 1 is 1.43 bits per heavy atom. The maximum atomic E-state index is 10.9. The van der Waals surface area contributed by atoms with Crippen molar-refractivity contribution in [3.8, 4) is 0 Å². The summed E-state index contributed by atoms with van der Waals surface area (Å²) in [4.78, 5) is 10.9. The third-order valence-corrected chi connectivity index (χ3v) is 3.01. The molecule has 14 heavy (non-hydrogen) atoms. The zero-order valence-electron chi connectivity index (χ0n) is 8.42. The Morgan fingerprint density at radius 2 is 2.21 bits per heavy atom. The minimum atomic E-state index is 0.175. The molecule has 2 aliphatic rings. The highest BCUT2D eigenvalue weighted by Crippen LogP contribution is 2.13. The number of hydrogen-bond acceptors (Lipinski definition) is 3. The quantitative estimate of drug-likeness (QED) is 0.665. The first-order chi connectivity index (χ1) is 6.84. The van der Waals surface area contributed by atoms with Gasteiger partial charge in [0.1, 0.15) is 0 Å². The average Bonchev–Trinajstić information content (AvgIpc) is 2.63. The van der Waals surface area contributed by atoms with Gasteiger partial charge in [-0.25, -0.2) is 0 Å². The SMILES string of the molecule is O=C1CC(NCC2CCOCC2)CN1. The molecule has 4 nitrogen and oxygen atoms in total. The number of hydrogen-bond donors (Lipinski definition) is 2. The highest BCUT2D eigenvalue weighted by molar-refractivity contribution is 5.78. The molecular formula is C10H18N2O2. The molecule has 0 bridgehead atoms. The summed E-state index contributed by atoms with van der Waals surface area (Å²) < 4.78 is 5.29. The predicted molar refractivity (Wildman–Crippen MR) is 53.0 cm³/mol. The van der Waals surface area contributed by atoms with Gasteiger partial charge in [-0.15, -0.1) is 0 Å². The maximum Gasteiger partial charge on any atom is 0.221 e. The fourth-order valence-corrected chi connectivity index (χ4v) is 2.03. The predicted octanol–water partition coefficient (Wildman–Crippen LogP) is -0.109. The summed E-state index contributed by atoms with van der Waals surface area (Å²) in [5.41, 5.74) is 0. The molecule has 2 rings (SSSR count). The van der Waals surface area contributed by atoms with E-state index >= 15 is 0 Å². The van der Waals surface area contributed by atoms with E-state index in [-0.39, 0.29) is 5.91 Å². The number of amides is 1. The molecule has 0 radical (unpaired) electrons. The van der Waals surface area contributed by atoms with E-state index in [9.17, 15) is 4.79 Å². The second kappa shape index (κ2) is 4.75. The zero-order chi connectivity index (χ0) is 9.80. The summed E-state index contributed by atoms with van der Waals surface area (Å²) in [6.45, 7) is 3.62. The zero-order valence-corrected chi connectivity index (χ0v) is 8.42. The van der Waals surface area contributed by atoms with E-state index in [0.29, 0.717) is 12.5 Å². The van der Waals surface area contributed by atoms with Crippen LogP contribution in [0.3, 0.4) is 0 Å². The normalized spacial score (nSPS) is 29.1. The van der Waals surface area contributed by atoms with Gasteiger partial charge >= 0.3 is 0 Å². The molecule has 0 aromatic rings. The fraction of sp³-hybridized carbons (Fsp3) is 0.900. The van der Waals surface area contributed by atoms with E-state index in [0.717, 1.165) is 45.1 Å². The van der Waals surface area contributed by atoms with E-state index in [1.807, 2.05) is 0 Å². The molecule has 2 heterocycles. The number of nitrogens with one attached hydrogen (secondary N) is 2. The van der Waals surface area contributed by atoms with Crippen LogP contribution < -0.4 is 10.6 Å². The summed E-state index contributed by atoms with van der Waals surface area (Å²) in [5.74, 6) is 0.911. The van der Waals surface area contributed by atoms with Crippen LogP contribution in [0.1, 0.15) is 19.3 Å². The molecule has 2 N–H and O–H groups in total. The van der Waals surface area contributed by atoms with Crippen LogP contribution in [0.5, 0.6) is 0 Å². The van der Waals surface area contributed by atoms with Crippen molar-refractivity contribution >= 4 is 5.91 Å². The Labute approximate surface area is 84.4 Å². The van der Waals surface area contributed by atoms with Gasteiger partial charge in [-0.1, -0.05) is 0 Å². The summed E-state index contributed by atoms with van der Waals surface area (Å²) in [6.07, 6.45) is 2.95. The highest BCUT2D eigenvalue weighted by atomic mass is 16.5. The molecule has 1 unspecified atom stereocenters. The van der Waals surface area contributed by atoms with Crippen molar-refractivity contribution in [3.05, 3.63) is 0 Å². The molecule has 2 aliphatic heterocycles. The van der Waals surface area contributed by atoms with E-state index < -0.39 is 0 Å². The highest BCUT2D eigenvalue weighted by Gasteiger charge is 2.22. The van der Waals surface area contributed by atoms with Gasteiger partial charge in [0.15, 0.2) is 0 Å². The number of ether oxygens (including phenoxy) is 1. The van der Waals surface area contributed by atoms with Gasteiger partial charge in [0, 0.05) is 32.2 Å². The van der Waals surface area contributed by atoms with Crippen molar-refractivity contribution in [2.45, 2.75) is 25.3 Å². The van der Waals surface area contributed by atoms with Gasteiger partial charge in [-0.05, 0) is 25.3 Å². The molecule has 1 atom stereocenters. The van der Waals surface area contributed by atoms with E-state index in [4.69, 9.17) is 4.74 Å². The lowest BCUT2D eigenvalue weighted by Crippen LogP contribution is -2.36. The molecule has 2 fully saturated rings. The van der Waals surface area contributed by atoms with Gasteiger partial charge in [0.05, 0.1) is 0 Å². The monoisotopic (exact) mass is 198 g/mol. The van der Waals surface area contributed by atoms with Gasteiger partial charge in [-0.2, -0.15) is 0 Å². The topological polar surface area (TPSA) is 50.4 Å². The van der Waals surface area contributed by atoms with Gasteiger partial charge in [-0.3, -0.25) is 4.79 Å². The Balaban J connectivity index is 1.63. The second-order valence-corrected chi connectivity index (χ2v) is 4.17. The molecule has 0 aromatic heterocycles. The molecule has 2 saturated heterocycles. The summed E-state index contributed by atoms with van der Waals surface area (Å²) in [7, 11) is 0. The van der Waals surface area contributed by atoms with Crippen LogP contribution in [0.2, 0.25) is 0 Å². The molecule has 80 valence electrons. The van der Waals surface area contributed by atoms with Crippen molar-refractivity contribution in [1.29, 1.82) is 0 Å². The lowest BCUT2D eigenvalue weighted by atomic mass is 10.00. The van der Waals surface area contributed by atoms with Crippen LogP contribution in [-0.2, 0) is 9.53 Å². The largest absolute Gasteiger partial charge is 0.381 e. The summed E-state index contributed by atoms with van der Waals surface area (Å²) in [5, 5.41) is 6.27. The minimum Gasteiger partial charge on any atom is -0.381 e. The Kier molecular flexibility index (Phi) is 3.37. The van der Waals surface area contributed by atoms with Crippen LogP contribution in [0.4, 0.5) is 0 Å². The summed E-state index contributed by atoms with van der Waals surface area (Å²) >= 11 is 0. The van der Waals surface area contributed by atoms with Gasteiger partial charge < -0.3 is 15.4 Å². The van der Waals surface area contributed by atoms with Crippen molar-refractivity contribution in [2.24, 2.45) is 5.92 Å². The first kappa shape index (κ1) is 9.93. The molecular weight excluding hydrogens is 180 g/mol. The second-order valence-electron chi connectivity index (χ2n) is 4.17. The molecule has 0 spiro atoms. The van der Waals surface area contributed by atoms with Crippen LogP contribution in [0.15, 0.2) is 0 Å². The van der Waals surface area contributed by atoms with Crippen molar-refractivity contribution < 1.29 is 9.53 Å². The first-order valence-corrected chi connectivity index (χ1v) is 5.42.